The fourth-order valence-corrected chi connectivity index (χ4v) is 3.77. The molecule has 21 heavy (non-hydrogen) atoms. The molecule has 1 heterocycles. The molecule has 0 spiro atoms. The molecule has 0 bridgehead atoms. The second-order valence-electron chi connectivity index (χ2n) is 6.25. The van der Waals surface area contributed by atoms with Crippen LogP contribution in [0.25, 0.3) is 0 Å². The molecule has 1 amide bonds. The zero-order valence-electron chi connectivity index (χ0n) is 12.8. The summed E-state index contributed by atoms with van der Waals surface area (Å²) in [5.41, 5.74) is 1.07. The van der Waals surface area contributed by atoms with Crippen molar-refractivity contribution in [3.8, 4) is 5.75 Å². The first-order chi connectivity index (χ1) is 10.2. The number of carbonyl (C=O) groups is 1. The Kier molecular flexibility index (Phi) is 4.15. The zero-order valence-corrected chi connectivity index (χ0v) is 12.8. The quantitative estimate of drug-likeness (QED) is 0.893. The second kappa shape index (κ2) is 6.06. The molecule has 4 atom stereocenters. The lowest BCUT2D eigenvalue weighted by atomic mass is 9.93. The highest BCUT2D eigenvalue weighted by Crippen LogP contribution is 2.37. The van der Waals surface area contributed by atoms with E-state index in [9.17, 15) is 4.79 Å². The first-order valence-corrected chi connectivity index (χ1v) is 7.86. The van der Waals surface area contributed by atoms with Gasteiger partial charge in [-0.3, -0.25) is 4.79 Å². The van der Waals surface area contributed by atoms with Gasteiger partial charge in [0.15, 0.2) is 0 Å². The Bertz CT molecular complexity index is 517. The van der Waals surface area contributed by atoms with Crippen molar-refractivity contribution in [1.29, 1.82) is 0 Å². The normalized spacial score (nSPS) is 29.0. The van der Waals surface area contributed by atoms with E-state index in [1.54, 1.807) is 7.11 Å². The van der Waals surface area contributed by atoms with E-state index in [0.29, 0.717) is 11.8 Å². The first kappa shape index (κ1) is 14.4. The molecule has 4 heteroatoms. The highest BCUT2D eigenvalue weighted by molar-refractivity contribution is 5.83. The summed E-state index contributed by atoms with van der Waals surface area (Å²) in [6.45, 7) is 3.02. The Morgan fingerprint density at radius 1 is 1.43 bits per heavy atom. The van der Waals surface area contributed by atoms with Gasteiger partial charge in [0.05, 0.1) is 19.2 Å². The van der Waals surface area contributed by atoms with E-state index in [2.05, 4.69) is 10.6 Å². The Hall–Kier alpha value is -1.55. The smallest absolute Gasteiger partial charge is 0.237 e. The van der Waals surface area contributed by atoms with Crippen molar-refractivity contribution in [2.45, 2.75) is 38.3 Å². The molecule has 1 aromatic rings. The van der Waals surface area contributed by atoms with Crippen LogP contribution in [-0.2, 0) is 4.79 Å². The van der Waals surface area contributed by atoms with Crippen molar-refractivity contribution in [3.05, 3.63) is 29.8 Å². The summed E-state index contributed by atoms with van der Waals surface area (Å²) in [4.78, 5) is 12.5. The molecule has 1 saturated carbocycles. The van der Waals surface area contributed by atoms with Crippen molar-refractivity contribution in [2.75, 3.05) is 13.7 Å². The van der Waals surface area contributed by atoms with Gasteiger partial charge >= 0.3 is 0 Å². The van der Waals surface area contributed by atoms with Crippen LogP contribution in [0.15, 0.2) is 24.3 Å². The number of rotatable bonds is 4. The number of amides is 1. The zero-order chi connectivity index (χ0) is 14.8. The first-order valence-electron chi connectivity index (χ1n) is 7.86. The summed E-state index contributed by atoms with van der Waals surface area (Å²) >= 11 is 0. The number of fused-ring (bicyclic) bond motifs is 1. The molecule has 1 aliphatic heterocycles. The van der Waals surface area contributed by atoms with Crippen LogP contribution in [0.2, 0.25) is 0 Å². The number of methoxy groups -OCH3 is 1. The Balaban J connectivity index is 1.64. The molecule has 1 aliphatic carbocycles. The van der Waals surface area contributed by atoms with Gasteiger partial charge in [-0.05, 0) is 55.8 Å². The second-order valence-corrected chi connectivity index (χ2v) is 6.25. The molecule has 114 valence electrons. The third-order valence-corrected chi connectivity index (χ3v) is 4.98. The molecule has 3 unspecified atom stereocenters. The number of carbonyl (C=O) groups excluding carboxylic acids is 1. The van der Waals surface area contributed by atoms with E-state index >= 15 is 0 Å². The van der Waals surface area contributed by atoms with Crippen LogP contribution < -0.4 is 15.4 Å². The minimum Gasteiger partial charge on any atom is -0.497 e. The van der Waals surface area contributed by atoms with Crippen LogP contribution in [0.1, 0.15) is 37.8 Å². The lowest BCUT2D eigenvalue weighted by Gasteiger charge is -2.21. The fraction of sp³-hybridized carbons (Fsp3) is 0.588. The Morgan fingerprint density at radius 2 is 2.29 bits per heavy atom. The van der Waals surface area contributed by atoms with E-state index in [1.165, 1.54) is 19.3 Å². The summed E-state index contributed by atoms with van der Waals surface area (Å²) < 4.78 is 5.24. The van der Waals surface area contributed by atoms with Gasteiger partial charge in [0.1, 0.15) is 5.75 Å². The summed E-state index contributed by atoms with van der Waals surface area (Å²) in [5, 5.41) is 6.55. The third kappa shape index (κ3) is 2.91. The minimum absolute atomic E-state index is 0.00477. The van der Waals surface area contributed by atoms with Crippen molar-refractivity contribution in [3.63, 3.8) is 0 Å². The predicted molar refractivity (Wildman–Crippen MR) is 82.2 cm³/mol. The van der Waals surface area contributed by atoms with Gasteiger partial charge in [-0.15, -0.1) is 0 Å². The monoisotopic (exact) mass is 288 g/mol. The summed E-state index contributed by atoms with van der Waals surface area (Å²) in [7, 11) is 1.66. The molecule has 0 radical (unpaired) electrons. The minimum atomic E-state index is -0.00874. The topological polar surface area (TPSA) is 50.4 Å². The van der Waals surface area contributed by atoms with E-state index in [1.807, 2.05) is 31.2 Å². The van der Waals surface area contributed by atoms with Crippen LogP contribution in [0.3, 0.4) is 0 Å². The molecule has 2 N–H and O–H groups in total. The number of benzene rings is 1. The third-order valence-electron chi connectivity index (χ3n) is 4.98. The number of ether oxygens (including phenoxy) is 1. The largest absolute Gasteiger partial charge is 0.497 e. The number of nitrogens with one attached hydrogen (secondary N) is 2. The molecule has 4 nitrogen and oxygen atoms in total. The van der Waals surface area contributed by atoms with Crippen molar-refractivity contribution < 1.29 is 9.53 Å². The maximum atomic E-state index is 12.5. The Labute approximate surface area is 126 Å². The molecule has 2 fully saturated rings. The summed E-state index contributed by atoms with van der Waals surface area (Å²) in [6.07, 6.45) is 3.72. The molecule has 3 rings (SSSR count). The highest BCUT2D eigenvalue weighted by atomic mass is 16.5. The number of hydrogen-bond donors (Lipinski definition) is 2. The SMILES string of the molecule is COc1cccc([C@H](C)NC(=O)C2NCC3CCCC32)c1. The molecule has 0 aromatic heterocycles. The van der Waals surface area contributed by atoms with E-state index < -0.39 is 0 Å². The standard InChI is InChI=1S/C17H24N2O2/c1-11(12-5-3-7-14(9-12)21-2)19-17(20)16-15-8-4-6-13(15)10-18-16/h3,5,7,9,11,13,15-16,18H,4,6,8,10H2,1-2H3,(H,19,20)/t11-,13?,15?,16?/m0/s1. The predicted octanol–water partition coefficient (Wildman–Crippen LogP) is 2.26. The Morgan fingerprint density at radius 3 is 3.10 bits per heavy atom. The van der Waals surface area contributed by atoms with Gasteiger partial charge in [0, 0.05) is 0 Å². The van der Waals surface area contributed by atoms with Gasteiger partial charge < -0.3 is 15.4 Å². The summed E-state index contributed by atoms with van der Waals surface area (Å²) in [5.74, 6) is 2.19. The van der Waals surface area contributed by atoms with Gasteiger partial charge in [0.2, 0.25) is 5.91 Å². The van der Waals surface area contributed by atoms with Crippen molar-refractivity contribution in [2.24, 2.45) is 11.8 Å². The molecule has 1 saturated heterocycles. The maximum Gasteiger partial charge on any atom is 0.237 e. The maximum absolute atomic E-state index is 12.5. The summed E-state index contributed by atoms with van der Waals surface area (Å²) in [6, 6.07) is 7.86. The average Bonchev–Trinajstić information content (AvgIpc) is 3.09. The lowest BCUT2D eigenvalue weighted by Crippen LogP contribution is -2.44. The molecular weight excluding hydrogens is 264 g/mol. The molecule has 1 aromatic carbocycles. The van der Waals surface area contributed by atoms with Crippen molar-refractivity contribution >= 4 is 5.91 Å². The van der Waals surface area contributed by atoms with Crippen LogP contribution in [-0.4, -0.2) is 25.6 Å². The molecular formula is C17H24N2O2. The van der Waals surface area contributed by atoms with E-state index in [0.717, 1.165) is 17.9 Å². The fourth-order valence-electron chi connectivity index (χ4n) is 3.77. The van der Waals surface area contributed by atoms with Gasteiger partial charge in [-0.2, -0.15) is 0 Å². The van der Waals surface area contributed by atoms with Crippen LogP contribution in [0.5, 0.6) is 5.75 Å². The molecule has 2 aliphatic rings. The van der Waals surface area contributed by atoms with Crippen LogP contribution in [0.4, 0.5) is 0 Å². The lowest BCUT2D eigenvalue weighted by molar-refractivity contribution is -0.124. The van der Waals surface area contributed by atoms with Crippen molar-refractivity contribution in [1.82, 2.24) is 10.6 Å². The van der Waals surface area contributed by atoms with E-state index in [-0.39, 0.29) is 18.0 Å². The number of hydrogen-bond acceptors (Lipinski definition) is 3. The highest BCUT2D eigenvalue weighted by Gasteiger charge is 2.42. The van der Waals surface area contributed by atoms with Crippen LogP contribution >= 0.6 is 0 Å². The average molecular weight is 288 g/mol. The van der Waals surface area contributed by atoms with Crippen LogP contribution in [0, 0.1) is 11.8 Å². The van der Waals surface area contributed by atoms with Gasteiger partial charge in [0.25, 0.3) is 0 Å². The van der Waals surface area contributed by atoms with Gasteiger partial charge in [-0.1, -0.05) is 18.6 Å². The van der Waals surface area contributed by atoms with Gasteiger partial charge in [-0.25, -0.2) is 0 Å². The van der Waals surface area contributed by atoms with E-state index in [4.69, 9.17) is 4.74 Å².